The van der Waals surface area contributed by atoms with Crippen LogP contribution in [0.2, 0.25) is 0 Å². The number of halogens is 3. The van der Waals surface area contributed by atoms with Crippen LogP contribution in [0.25, 0.3) is 16.9 Å². The molecular formula is C24H24F3N7O. The van der Waals surface area contributed by atoms with E-state index in [0.29, 0.717) is 49.6 Å². The number of benzene rings is 1. The Kier molecular flexibility index (Phi) is 5.79. The van der Waals surface area contributed by atoms with E-state index in [1.807, 2.05) is 24.9 Å². The van der Waals surface area contributed by atoms with Gasteiger partial charge in [-0.05, 0) is 24.6 Å². The maximum absolute atomic E-state index is 13.2. The van der Waals surface area contributed by atoms with Crippen molar-refractivity contribution in [2.24, 2.45) is 7.05 Å². The molecule has 0 atom stereocenters. The van der Waals surface area contributed by atoms with Crippen LogP contribution in [0, 0.1) is 6.92 Å². The summed E-state index contributed by atoms with van der Waals surface area (Å²) in [5.74, 6) is -0.192. The Labute approximate surface area is 199 Å². The lowest BCUT2D eigenvalue weighted by molar-refractivity contribution is -0.137. The van der Waals surface area contributed by atoms with Gasteiger partial charge in [0.25, 0.3) is 5.91 Å². The summed E-state index contributed by atoms with van der Waals surface area (Å²) in [7, 11) is 1.86. The Morgan fingerprint density at radius 2 is 1.86 bits per heavy atom. The van der Waals surface area contributed by atoms with E-state index in [-0.39, 0.29) is 5.91 Å². The molecule has 0 radical (unpaired) electrons. The van der Waals surface area contributed by atoms with Crippen molar-refractivity contribution in [1.29, 1.82) is 0 Å². The molecule has 1 amide bonds. The molecule has 0 spiro atoms. The number of hydrogen-bond acceptors (Lipinski definition) is 5. The van der Waals surface area contributed by atoms with E-state index in [4.69, 9.17) is 0 Å². The van der Waals surface area contributed by atoms with E-state index in [0.717, 1.165) is 23.0 Å². The van der Waals surface area contributed by atoms with Gasteiger partial charge in [-0.15, -0.1) is 0 Å². The molecule has 0 aliphatic carbocycles. The molecule has 182 valence electrons. The first kappa shape index (κ1) is 23.0. The molecule has 1 aliphatic rings. The Hall–Kier alpha value is -3.73. The Morgan fingerprint density at radius 3 is 2.54 bits per heavy atom. The second-order valence-corrected chi connectivity index (χ2v) is 8.66. The van der Waals surface area contributed by atoms with Crippen molar-refractivity contribution in [3.05, 3.63) is 71.3 Å². The standard InChI is InChI=1S/C24H24F3N7O/c1-16-19(14-29-31(16)2)21-6-7-28-22-13-20(30-34(21)22)23(35)33-10-8-32(9-11-33)15-17-4-3-5-18(12-17)24(25,26)27/h3-7,12-14H,8-11,15H2,1-2H3. The average Bonchev–Trinajstić information content (AvgIpc) is 3.42. The Balaban J connectivity index is 1.28. The molecule has 1 aliphatic heterocycles. The van der Waals surface area contributed by atoms with E-state index in [1.165, 1.54) is 12.1 Å². The lowest BCUT2D eigenvalue weighted by Gasteiger charge is -2.34. The molecule has 1 fully saturated rings. The van der Waals surface area contributed by atoms with Crippen LogP contribution in [0.3, 0.4) is 0 Å². The number of aryl methyl sites for hydroxylation is 1. The molecule has 11 heteroatoms. The quantitative estimate of drug-likeness (QED) is 0.445. The number of nitrogens with zero attached hydrogens (tertiary/aromatic N) is 7. The molecule has 4 aromatic rings. The molecular weight excluding hydrogens is 459 g/mol. The summed E-state index contributed by atoms with van der Waals surface area (Å²) in [6.45, 7) is 4.42. The normalized spacial score (nSPS) is 15.2. The fourth-order valence-electron chi connectivity index (χ4n) is 4.33. The second kappa shape index (κ2) is 8.81. The molecule has 8 nitrogen and oxygen atoms in total. The Bertz CT molecular complexity index is 1380. The molecule has 0 unspecified atom stereocenters. The van der Waals surface area contributed by atoms with E-state index in [9.17, 15) is 18.0 Å². The molecule has 1 saturated heterocycles. The second-order valence-electron chi connectivity index (χ2n) is 8.66. The number of carbonyl (C=O) groups is 1. The van der Waals surface area contributed by atoms with Crippen molar-refractivity contribution >= 4 is 11.6 Å². The number of piperazine rings is 1. The number of fused-ring (bicyclic) bond motifs is 1. The highest BCUT2D eigenvalue weighted by Crippen LogP contribution is 2.30. The van der Waals surface area contributed by atoms with Crippen LogP contribution in [0.15, 0.2) is 48.8 Å². The van der Waals surface area contributed by atoms with Crippen molar-refractivity contribution in [2.75, 3.05) is 26.2 Å². The van der Waals surface area contributed by atoms with E-state index >= 15 is 0 Å². The summed E-state index contributed by atoms with van der Waals surface area (Å²) < 4.78 is 42.4. The number of amides is 1. The van der Waals surface area contributed by atoms with Crippen molar-refractivity contribution in [1.82, 2.24) is 34.2 Å². The zero-order valence-corrected chi connectivity index (χ0v) is 19.3. The predicted octanol–water partition coefficient (Wildman–Crippen LogP) is 3.42. The van der Waals surface area contributed by atoms with Gasteiger partial charge in [-0.1, -0.05) is 18.2 Å². The van der Waals surface area contributed by atoms with Crippen LogP contribution in [0.5, 0.6) is 0 Å². The fraction of sp³-hybridized carbons (Fsp3) is 0.333. The first-order chi connectivity index (χ1) is 16.7. The summed E-state index contributed by atoms with van der Waals surface area (Å²) in [5.41, 5.74) is 3.50. The largest absolute Gasteiger partial charge is 0.416 e. The van der Waals surface area contributed by atoms with E-state index in [2.05, 4.69) is 15.2 Å². The van der Waals surface area contributed by atoms with E-state index in [1.54, 1.807) is 38.6 Å². The van der Waals surface area contributed by atoms with Gasteiger partial charge in [-0.25, -0.2) is 9.50 Å². The van der Waals surface area contributed by atoms with Crippen LogP contribution in [0.1, 0.15) is 27.3 Å². The molecule has 3 aromatic heterocycles. The van der Waals surface area contributed by atoms with Gasteiger partial charge in [0, 0.05) is 63.3 Å². The molecule has 5 rings (SSSR count). The van der Waals surface area contributed by atoms with Crippen LogP contribution >= 0.6 is 0 Å². The first-order valence-electron chi connectivity index (χ1n) is 11.2. The topological polar surface area (TPSA) is 71.6 Å². The van der Waals surface area contributed by atoms with Gasteiger partial charge >= 0.3 is 6.18 Å². The minimum absolute atomic E-state index is 0.192. The summed E-state index contributed by atoms with van der Waals surface area (Å²) in [4.78, 5) is 21.3. The number of carbonyl (C=O) groups excluding carboxylic acids is 1. The average molecular weight is 483 g/mol. The predicted molar refractivity (Wildman–Crippen MR) is 123 cm³/mol. The van der Waals surface area contributed by atoms with Gasteiger partial charge < -0.3 is 4.90 Å². The minimum atomic E-state index is -4.36. The van der Waals surface area contributed by atoms with Crippen LogP contribution in [0.4, 0.5) is 13.2 Å². The maximum atomic E-state index is 13.2. The van der Waals surface area contributed by atoms with Gasteiger partial charge in [-0.3, -0.25) is 14.4 Å². The number of hydrogen-bond donors (Lipinski definition) is 0. The van der Waals surface area contributed by atoms with Gasteiger partial charge in [0.2, 0.25) is 0 Å². The summed E-state index contributed by atoms with van der Waals surface area (Å²) >= 11 is 0. The third-order valence-electron chi connectivity index (χ3n) is 6.41. The molecule has 35 heavy (non-hydrogen) atoms. The summed E-state index contributed by atoms with van der Waals surface area (Å²) in [5, 5.41) is 8.83. The number of alkyl halides is 3. The maximum Gasteiger partial charge on any atom is 0.416 e. The third kappa shape index (κ3) is 4.51. The van der Waals surface area contributed by atoms with Crippen molar-refractivity contribution < 1.29 is 18.0 Å². The Morgan fingerprint density at radius 1 is 1.09 bits per heavy atom. The van der Waals surface area contributed by atoms with E-state index < -0.39 is 11.7 Å². The van der Waals surface area contributed by atoms with Crippen LogP contribution in [-0.4, -0.2) is 66.3 Å². The number of rotatable bonds is 4. The van der Waals surface area contributed by atoms with Gasteiger partial charge in [0.05, 0.1) is 17.5 Å². The van der Waals surface area contributed by atoms with Gasteiger partial charge in [0.15, 0.2) is 11.3 Å². The molecule has 4 heterocycles. The zero-order chi connectivity index (χ0) is 24.7. The lowest BCUT2D eigenvalue weighted by Crippen LogP contribution is -2.48. The highest BCUT2D eigenvalue weighted by Gasteiger charge is 2.31. The third-order valence-corrected chi connectivity index (χ3v) is 6.41. The van der Waals surface area contributed by atoms with Gasteiger partial charge in [-0.2, -0.15) is 23.4 Å². The highest BCUT2D eigenvalue weighted by atomic mass is 19.4. The zero-order valence-electron chi connectivity index (χ0n) is 19.3. The van der Waals surface area contributed by atoms with Crippen molar-refractivity contribution in [2.45, 2.75) is 19.6 Å². The summed E-state index contributed by atoms with van der Waals surface area (Å²) in [6, 6.07) is 8.89. The first-order valence-corrected chi connectivity index (χ1v) is 11.2. The van der Waals surface area contributed by atoms with Crippen molar-refractivity contribution in [3.63, 3.8) is 0 Å². The smallest absolute Gasteiger partial charge is 0.335 e. The van der Waals surface area contributed by atoms with Gasteiger partial charge in [0.1, 0.15) is 0 Å². The van der Waals surface area contributed by atoms with Crippen LogP contribution in [-0.2, 0) is 19.8 Å². The highest BCUT2D eigenvalue weighted by molar-refractivity contribution is 5.93. The van der Waals surface area contributed by atoms with Crippen molar-refractivity contribution in [3.8, 4) is 11.3 Å². The number of aromatic nitrogens is 5. The SMILES string of the molecule is Cc1c(-c2ccnc3cc(C(=O)N4CCN(Cc5cccc(C(F)(F)F)c5)CC4)nn23)cnn1C. The molecule has 0 N–H and O–H groups in total. The molecule has 0 bridgehead atoms. The lowest BCUT2D eigenvalue weighted by atomic mass is 10.1. The summed E-state index contributed by atoms with van der Waals surface area (Å²) in [6.07, 6.45) is -0.920. The fourth-order valence-corrected chi connectivity index (χ4v) is 4.33. The minimum Gasteiger partial charge on any atom is -0.335 e. The monoisotopic (exact) mass is 483 g/mol. The van der Waals surface area contributed by atoms with Crippen LogP contribution < -0.4 is 0 Å². The molecule has 0 saturated carbocycles. The molecule has 1 aromatic carbocycles.